The van der Waals surface area contributed by atoms with Gasteiger partial charge in [0.05, 0.1) is 17.9 Å². The summed E-state index contributed by atoms with van der Waals surface area (Å²) < 4.78 is 28.9. The van der Waals surface area contributed by atoms with Crippen molar-refractivity contribution in [3.05, 3.63) is 47.3 Å². The van der Waals surface area contributed by atoms with Gasteiger partial charge in [-0.1, -0.05) is 18.2 Å². The van der Waals surface area contributed by atoms with E-state index in [9.17, 15) is 18.0 Å². The number of hydrogen-bond acceptors (Lipinski definition) is 5. The predicted molar refractivity (Wildman–Crippen MR) is 107 cm³/mol. The second kappa shape index (κ2) is 8.34. The van der Waals surface area contributed by atoms with Crippen LogP contribution in [-0.4, -0.2) is 71.9 Å². The van der Waals surface area contributed by atoms with Gasteiger partial charge < -0.3 is 10.2 Å². The van der Waals surface area contributed by atoms with E-state index in [0.717, 1.165) is 0 Å². The molecule has 156 valence electrons. The highest BCUT2D eigenvalue weighted by Gasteiger charge is 2.33. The molecule has 1 N–H and O–H groups in total. The molecule has 1 fully saturated rings. The Labute approximate surface area is 170 Å². The van der Waals surface area contributed by atoms with Gasteiger partial charge >= 0.3 is 0 Å². The molecule has 2 aromatic rings. The van der Waals surface area contributed by atoms with E-state index in [-0.39, 0.29) is 49.4 Å². The number of aryl methyl sites for hydroxylation is 2. The molecule has 10 heteroatoms. The van der Waals surface area contributed by atoms with Crippen LogP contribution in [0, 0.1) is 13.8 Å². The van der Waals surface area contributed by atoms with Crippen LogP contribution in [0.2, 0.25) is 0 Å². The van der Waals surface area contributed by atoms with E-state index < -0.39 is 10.0 Å². The zero-order valence-electron chi connectivity index (χ0n) is 16.8. The fourth-order valence-electron chi connectivity index (χ4n) is 3.39. The Morgan fingerprint density at radius 1 is 1.07 bits per heavy atom. The third-order valence-electron chi connectivity index (χ3n) is 5.07. The van der Waals surface area contributed by atoms with Crippen LogP contribution >= 0.6 is 0 Å². The highest BCUT2D eigenvalue weighted by Crippen LogP contribution is 2.23. The Morgan fingerprint density at radius 3 is 2.24 bits per heavy atom. The van der Waals surface area contributed by atoms with Crippen LogP contribution in [0.1, 0.15) is 21.7 Å². The molecule has 0 bridgehead atoms. The van der Waals surface area contributed by atoms with Gasteiger partial charge in [-0.05, 0) is 26.0 Å². The number of nitrogens with one attached hydrogen (secondary N) is 1. The maximum Gasteiger partial charge on any atom is 0.251 e. The van der Waals surface area contributed by atoms with E-state index in [1.54, 1.807) is 54.7 Å². The minimum atomic E-state index is -3.67. The Balaban J connectivity index is 1.57. The number of rotatable bonds is 5. The largest absolute Gasteiger partial charge is 0.343 e. The number of nitrogens with zero attached hydrogens (tertiary/aromatic N) is 4. The van der Waals surface area contributed by atoms with Crippen LogP contribution < -0.4 is 5.32 Å². The third-order valence-corrected chi connectivity index (χ3v) is 7.22. The van der Waals surface area contributed by atoms with Gasteiger partial charge in [0.2, 0.25) is 15.9 Å². The third kappa shape index (κ3) is 4.33. The van der Waals surface area contributed by atoms with E-state index in [4.69, 9.17) is 0 Å². The van der Waals surface area contributed by atoms with Crippen molar-refractivity contribution in [3.8, 4) is 0 Å². The molecule has 29 heavy (non-hydrogen) atoms. The van der Waals surface area contributed by atoms with Gasteiger partial charge in [0.1, 0.15) is 4.90 Å². The molecule has 3 rings (SSSR count). The van der Waals surface area contributed by atoms with Crippen LogP contribution in [0.5, 0.6) is 0 Å². The standard InChI is InChI=1S/C19H25N5O4S/c1-14-18(15(2)22(3)21-14)29(27,28)24-11-9-23(10-12-24)17(25)13-20-19(26)16-7-5-4-6-8-16/h4-8H,9-13H2,1-3H3,(H,20,26). The van der Waals surface area contributed by atoms with Gasteiger partial charge in [0, 0.05) is 38.8 Å². The van der Waals surface area contributed by atoms with Gasteiger partial charge in [-0.2, -0.15) is 9.40 Å². The first-order chi connectivity index (χ1) is 13.7. The number of sulfonamides is 1. The Kier molecular flexibility index (Phi) is 6.04. The van der Waals surface area contributed by atoms with Crippen LogP contribution in [0.3, 0.4) is 0 Å². The first-order valence-corrected chi connectivity index (χ1v) is 10.8. The normalized spacial score (nSPS) is 15.3. The summed E-state index contributed by atoms with van der Waals surface area (Å²) >= 11 is 0. The van der Waals surface area contributed by atoms with E-state index >= 15 is 0 Å². The number of amides is 2. The average Bonchev–Trinajstić information content (AvgIpc) is 2.98. The van der Waals surface area contributed by atoms with Crippen molar-refractivity contribution in [1.82, 2.24) is 24.3 Å². The minimum absolute atomic E-state index is 0.124. The molecule has 1 aliphatic rings. The first kappa shape index (κ1) is 21.0. The van der Waals surface area contributed by atoms with Crippen LogP contribution in [0.4, 0.5) is 0 Å². The SMILES string of the molecule is Cc1nn(C)c(C)c1S(=O)(=O)N1CCN(C(=O)CNC(=O)c2ccccc2)CC1. The smallest absolute Gasteiger partial charge is 0.251 e. The molecule has 2 amide bonds. The van der Waals surface area contributed by atoms with Crippen molar-refractivity contribution in [3.63, 3.8) is 0 Å². The van der Waals surface area contributed by atoms with Crippen molar-refractivity contribution in [2.24, 2.45) is 7.05 Å². The van der Waals surface area contributed by atoms with Gasteiger partial charge in [0.15, 0.2) is 0 Å². The second-order valence-corrected chi connectivity index (χ2v) is 8.83. The summed E-state index contributed by atoms with van der Waals surface area (Å²) in [5.41, 5.74) is 1.54. The first-order valence-electron chi connectivity index (χ1n) is 9.33. The zero-order valence-corrected chi connectivity index (χ0v) is 17.6. The molecule has 1 aliphatic heterocycles. The summed E-state index contributed by atoms with van der Waals surface area (Å²) in [5.74, 6) is -0.553. The van der Waals surface area contributed by atoms with Crippen LogP contribution in [0.15, 0.2) is 35.2 Å². The monoisotopic (exact) mass is 419 g/mol. The Hall–Kier alpha value is -2.72. The van der Waals surface area contributed by atoms with E-state index in [2.05, 4.69) is 10.4 Å². The molecule has 2 heterocycles. The summed E-state index contributed by atoms with van der Waals surface area (Å²) in [6.07, 6.45) is 0. The number of benzene rings is 1. The number of aromatic nitrogens is 2. The summed E-state index contributed by atoms with van der Waals surface area (Å²) in [6.45, 7) is 4.23. The number of carbonyl (C=O) groups is 2. The lowest BCUT2D eigenvalue weighted by molar-refractivity contribution is -0.131. The van der Waals surface area contributed by atoms with Crippen molar-refractivity contribution >= 4 is 21.8 Å². The summed E-state index contributed by atoms with van der Waals surface area (Å²) in [4.78, 5) is 26.3. The van der Waals surface area contributed by atoms with Crippen LogP contribution in [0.25, 0.3) is 0 Å². The minimum Gasteiger partial charge on any atom is -0.343 e. The average molecular weight is 420 g/mol. The quantitative estimate of drug-likeness (QED) is 0.751. The number of piperazine rings is 1. The number of carbonyl (C=O) groups excluding carboxylic acids is 2. The van der Waals surface area contributed by atoms with Gasteiger partial charge in [-0.25, -0.2) is 8.42 Å². The lowest BCUT2D eigenvalue weighted by atomic mass is 10.2. The summed E-state index contributed by atoms with van der Waals surface area (Å²) in [6, 6.07) is 8.66. The van der Waals surface area contributed by atoms with Gasteiger partial charge in [-0.3, -0.25) is 14.3 Å². The topological polar surface area (TPSA) is 105 Å². The molecule has 0 aliphatic carbocycles. The fourth-order valence-corrected chi connectivity index (χ4v) is 5.22. The van der Waals surface area contributed by atoms with Crippen molar-refractivity contribution in [2.45, 2.75) is 18.7 Å². The van der Waals surface area contributed by atoms with Crippen LogP contribution in [-0.2, 0) is 21.9 Å². The molecule has 0 spiro atoms. The lowest BCUT2D eigenvalue weighted by Crippen LogP contribution is -2.52. The molecule has 1 aromatic carbocycles. The van der Waals surface area contributed by atoms with Crippen molar-refractivity contribution < 1.29 is 18.0 Å². The highest BCUT2D eigenvalue weighted by molar-refractivity contribution is 7.89. The maximum atomic E-state index is 13.0. The molecule has 9 nitrogen and oxygen atoms in total. The molecule has 0 radical (unpaired) electrons. The van der Waals surface area contributed by atoms with E-state index in [1.807, 2.05) is 6.07 Å². The van der Waals surface area contributed by atoms with Gasteiger partial charge in [-0.15, -0.1) is 0 Å². The Morgan fingerprint density at radius 2 is 1.69 bits per heavy atom. The molecular formula is C19H25N5O4S. The number of hydrogen-bond donors (Lipinski definition) is 1. The molecule has 0 saturated carbocycles. The van der Waals surface area contributed by atoms with E-state index in [0.29, 0.717) is 17.0 Å². The van der Waals surface area contributed by atoms with Crippen molar-refractivity contribution in [2.75, 3.05) is 32.7 Å². The fraction of sp³-hybridized carbons (Fsp3) is 0.421. The highest BCUT2D eigenvalue weighted by atomic mass is 32.2. The van der Waals surface area contributed by atoms with Crippen molar-refractivity contribution in [1.29, 1.82) is 0 Å². The predicted octanol–water partition coefficient (Wildman–Crippen LogP) is 0.300. The van der Waals surface area contributed by atoms with E-state index in [1.165, 1.54) is 4.31 Å². The second-order valence-electron chi connectivity index (χ2n) is 6.96. The summed E-state index contributed by atoms with van der Waals surface area (Å²) in [7, 11) is -1.96. The maximum absolute atomic E-state index is 13.0. The lowest BCUT2D eigenvalue weighted by Gasteiger charge is -2.34. The molecule has 0 atom stereocenters. The molecule has 0 unspecified atom stereocenters. The Bertz CT molecular complexity index is 1010. The summed E-state index contributed by atoms with van der Waals surface area (Å²) in [5, 5.41) is 6.79. The van der Waals surface area contributed by atoms with Gasteiger partial charge in [0.25, 0.3) is 5.91 Å². The molecule has 1 aromatic heterocycles. The zero-order chi connectivity index (χ0) is 21.2. The molecular weight excluding hydrogens is 394 g/mol. The molecule has 1 saturated heterocycles.